The number of hydrogen-bond donors (Lipinski definition) is 0. The van der Waals surface area contributed by atoms with E-state index in [9.17, 15) is 9.59 Å². The molecule has 4 nitrogen and oxygen atoms in total. The Morgan fingerprint density at radius 2 is 1.62 bits per heavy atom. The Morgan fingerprint density at radius 3 is 2.15 bits per heavy atom. The van der Waals surface area contributed by atoms with E-state index in [1.54, 1.807) is 19.0 Å². The van der Waals surface area contributed by atoms with Gasteiger partial charge in [-0.3, -0.25) is 9.59 Å². The first kappa shape index (κ1) is 20.5. The largest absolute Gasteiger partial charge is 0.345 e. The van der Waals surface area contributed by atoms with E-state index < -0.39 is 0 Å². The molecule has 2 amide bonds. The first-order valence-corrected chi connectivity index (χ1v) is 10.1. The van der Waals surface area contributed by atoms with Gasteiger partial charge in [-0.15, -0.1) is 11.8 Å². The minimum Gasteiger partial charge on any atom is -0.345 e. The van der Waals surface area contributed by atoms with Crippen LogP contribution in [0.2, 0.25) is 0 Å². The molecular weight excluding hydrogens is 412 g/mol. The summed E-state index contributed by atoms with van der Waals surface area (Å²) in [4.78, 5) is 28.9. The molecule has 2 rings (SSSR count). The third-order valence-electron chi connectivity index (χ3n) is 3.89. The van der Waals surface area contributed by atoms with Crippen molar-refractivity contribution in [3.05, 3.63) is 64.1 Å². The zero-order chi connectivity index (χ0) is 19.1. The van der Waals surface area contributed by atoms with E-state index in [-0.39, 0.29) is 11.8 Å². The van der Waals surface area contributed by atoms with Crippen LogP contribution in [-0.4, -0.2) is 48.0 Å². The highest BCUT2D eigenvalue weighted by Gasteiger charge is 2.13. The molecule has 26 heavy (non-hydrogen) atoms. The van der Waals surface area contributed by atoms with Crippen LogP contribution in [0.5, 0.6) is 0 Å². The number of nitrogens with zero attached hydrogens (tertiary/aromatic N) is 2. The predicted molar refractivity (Wildman–Crippen MR) is 110 cm³/mol. The van der Waals surface area contributed by atoms with Gasteiger partial charge >= 0.3 is 0 Å². The second-order valence-corrected chi connectivity index (χ2v) is 8.01. The second kappa shape index (κ2) is 9.78. The molecule has 0 saturated carbocycles. The molecule has 2 aromatic rings. The molecule has 0 aliphatic heterocycles. The van der Waals surface area contributed by atoms with Gasteiger partial charge in [-0.2, -0.15) is 0 Å². The normalized spacial score (nSPS) is 10.5. The molecule has 0 atom stereocenters. The minimum absolute atomic E-state index is 0.0223. The average molecular weight is 435 g/mol. The lowest BCUT2D eigenvalue weighted by Gasteiger charge is -2.21. The van der Waals surface area contributed by atoms with E-state index in [0.29, 0.717) is 24.4 Å². The molecule has 2 aromatic carbocycles. The molecule has 0 saturated heterocycles. The average Bonchev–Trinajstić information content (AvgIpc) is 2.65. The fraction of sp³-hybridized carbons (Fsp3) is 0.300. The lowest BCUT2D eigenvalue weighted by atomic mass is 10.1. The summed E-state index contributed by atoms with van der Waals surface area (Å²) in [5, 5.41) is 0. The smallest absolute Gasteiger partial charge is 0.253 e. The number of carbonyl (C=O) groups is 2. The summed E-state index contributed by atoms with van der Waals surface area (Å²) >= 11 is 4.95. The fourth-order valence-corrected chi connectivity index (χ4v) is 3.44. The lowest BCUT2D eigenvalue weighted by Crippen LogP contribution is -2.31. The molecule has 0 spiro atoms. The Labute approximate surface area is 167 Å². The van der Waals surface area contributed by atoms with Crippen molar-refractivity contribution in [2.24, 2.45) is 0 Å². The van der Waals surface area contributed by atoms with Gasteiger partial charge in [0.15, 0.2) is 0 Å². The van der Waals surface area contributed by atoms with Crippen LogP contribution in [0.1, 0.15) is 22.8 Å². The van der Waals surface area contributed by atoms with Gasteiger partial charge in [0.25, 0.3) is 5.91 Å². The van der Waals surface area contributed by atoms with Crippen molar-refractivity contribution in [2.45, 2.75) is 18.4 Å². The fourth-order valence-electron chi connectivity index (χ4n) is 2.37. The second-order valence-electron chi connectivity index (χ2n) is 6.05. The summed E-state index contributed by atoms with van der Waals surface area (Å²) in [5.41, 5.74) is 1.67. The molecule has 0 radical (unpaired) electrons. The van der Waals surface area contributed by atoms with Crippen molar-refractivity contribution < 1.29 is 9.59 Å². The maximum absolute atomic E-state index is 12.5. The van der Waals surface area contributed by atoms with Crippen LogP contribution in [-0.2, 0) is 11.3 Å². The van der Waals surface area contributed by atoms with Gasteiger partial charge < -0.3 is 9.80 Å². The Hall–Kier alpha value is -1.79. The van der Waals surface area contributed by atoms with Crippen LogP contribution in [0.25, 0.3) is 0 Å². The topological polar surface area (TPSA) is 40.6 Å². The first-order chi connectivity index (χ1) is 12.4. The Morgan fingerprint density at radius 1 is 1.00 bits per heavy atom. The van der Waals surface area contributed by atoms with Crippen molar-refractivity contribution in [1.82, 2.24) is 9.80 Å². The molecule has 0 aromatic heterocycles. The predicted octanol–water partition coefficient (Wildman–Crippen LogP) is 4.29. The van der Waals surface area contributed by atoms with Crippen LogP contribution in [0, 0.1) is 0 Å². The zero-order valence-electron chi connectivity index (χ0n) is 15.2. The maximum Gasteiger partial charge on any atom is 0.253 e. The molecule has 0 fully saturated rings. The molecule has 138 valence electrons. The third kappa shape index (κ3) is 5.88. The molecule has 0 bridgehead atoms. The Bertz CT molecular complexity index is 745. The van der Waals surface area contributed by atoms with Crippen LogP contribution in [0.3, 0.4) is 0 Å². The van der Waals surface area contributed by atoms with Gasteiger partial charge in [0.2, 0.25) is 5.91 Å². The highest BCUT2D eigenvalue weighted by Crippen LogP contribution is 2.21. The zero-order valence-corrected chi connectivity index (χ0v) is 17.6. The molecule has 0 N–H and O–H groups in total. The van der Waals surface area contributed by atoms with Gasteiger partial charge in [-0.1, -0.05) is 28.1 Å². The number of thioether (sulfide) groups is 1. The number of carbonyl (C=O) groups excluding carboxylic acids is 2. The Kier molecular flexibility index (Phi) is 7.72. The molecule has 0 unspecified atom stereocenters. The number of amides is 2. The SMILES string of the molecule is CCN(Cc1ccc(C(=O)N(C)C)cc1)C(=O)CSc1ccc(Br)cc1. The van der Waals surface area contributed by atoms with E-state index in [1.165, 1.54) is 11.8 Å². The van der Waals surface area contributed by atoms with Crippen molar-refractivity contribution >= 4 is 39.5 Å². The van der Waals surface area contributed by atoms with Crippen molar-refractivity contribution in [3.63, 3.8) is 0 Å². The quantitative estimate of drug-likeness (QED) is 0.610. The van der Waals surface area contributed by atoms with Crippen molar-refractivity contribution in [2.75, 3.05) is 26.4 Å². The summed E-state index contributed by atoms with van der Waals surface area (Å²) in [6, 6.07) is 15.4. The van der Waals surface area contributed by atoms with Gasteiger partial charge in [0.1, 0.15) is 0 Å². The molecule has 0 heterocycles. The van der Waals surface area contributed by atoms with E-state index >= 15 is 0 Å². The molecule has 6 heteroatoms. The first-order valence-electron chi connectivity index (χ1n) is 8.37. The van der Waals surface area contributed by atoms with E-state index in [1.807, 2.05) is 60.4 Å². The van der Waals surface area contributed by atoms with Crippen molar-refractivity contribution in [1.29, 1.82) is 0 Å². The van der Waals surface area contributed by atoms with Crippen molar-refractivity contribution in [3.8, 4) is 0 Å². The maximum atomic E-state index is 12.5. The van der Waals surface area contributed by atoms with E-state index in [4.69, 9.17) is 0 Å². The van der Waals surface area contributed by atoms with E-state index in [0.717, 1.165) is 14.9 Å². The summed E-state index contributed by atoms with van der Waals surface area (Å²) < 4.78 is 1.03. The van der Waals surface area contributed by atoms with Crippen LogP contribution >= 0.6 is 27.7 Å². The Balaban J connectivity index is 1.94. The lowest BCUT2D eigenvalue weighted by molar-refractivity contribution is -0.128. The summed E-state index contributed by atoms with van der Waals surface area (Å²) in [6.45, 7) is 3.18. The highest BCUT2D eigenvalue weighted by atomic mass is 79.9. The monoisotopic (exact) mass is 434 g/mol. The van der Waals surface area contributed by atoms with Gasteiger partial charge in [-0.05, 0) is 48.9 Å². The minimum atomic E-state index is -0.0223. The van der Waals surface area contributed by atoms with Crippen LogP contribution in [0.4, 0.5) is 0 Å². The standard InChI is InChI=1S/C20H23BrN2O2S/c1-4-23(19(24)14-26-18-11-9-17(21)10-12-18)13-15-5-7-16(8-6-15)20(25)22(2)3/h5-12H,4,13-14H2,1-3H3. The van der Waals surface area contributed by atoms with Gasteiger partial charge in [0.05, 0.1) is 5.75 Å². The summed E-state index contributed by atoms with van der Waals surface area (Å²) in [5.74, 6) is 0.492. The molecular formula is C20H23BrN2O2S. The number of benzene rings is 2. The van der Waals surface area contributed by atoms with Gasteiger partial charge in [-0.25, -0.2) is 0 Å². The van der Waals surface area contributed by atoms with Crippen LogP contribution < -0.4 is 0 Å². The number of halogens is 1. The molecule has 0 aliphatic carbocycles. The van der Waals surface area contributed by atoms with Crippen LogP contribution in [0.15, 0.2) is 57.9 Å². The third-order valence-corrected chi connectivity index (χ3v) is 5.42. The number of hydrogen-bond acceptors (Lipinski definition) is 3. The molecule has 0 aliphatic rings. The summed E-state index contributed by atoms with van der Waals surface area (Å²) in [6.07, 6.45) is 0. The number of rotatable bonds is 7. The van der Waals surface area contributed by atoms with E-state index in [2.05, 4.69) is 15.9 Å². The van der Waals surface area contributed by atoms with Gasteiger partial charge in [0, 0.05) is 42.1 Å². The summed E-state index contributed by atoms with van der Waals surface area (Å²) in [7, 11) is 3.47. The highest BCUT2D eigenvalue weighted by molar-refractivity contribution is 9.10.